The molecule has 2 aromatic rings. The van der Waals surface area contributed by atoms with Crippen LogP contribution in [0, 0.1) is 0 Å². The van der Waals surface area contributed by atoms with Crippen molar-refractivity contribution in [2.75, 3.05) is 13.2 Å². The summed E-state index contributed by atoms with van der Waals surface area (Å²) in [5, 5.41) is 13.7. The van der Waals surface area contributed by atoms with Gasteiger partial charge in [0.25, 0.3) is 0 Å². The first kappa shape index (κ1) is 43.7. The van der Waals surface area contributed by atoms with E-state index in [0.29, 0.717) is 17.2 Å². The van der Waals surface area contributed by atoms with Crippen molar-refractivity contribution in [2.45, 2.75) is 141 Å². The predicted octanol–water partition coefficient (Wildman–Crippen LogP) is 9.74. The second-order valence-electron chi connectivity index (χ2n) is 18.2. The zero-order valence-electron chi connectivity index (χ0n) is 33.5. The summed E-state index contributed by atoms with van der Waals surface area (Å²) in [5.41, 5.74) is 2.19. The number of ether oxygens (including phenoxy) is 2. The lowest BCUT2D eigenvalue weighted by Crippen LogP contribution is -2.69. The van der Waals surface area contributed by atoms with Crippen molar-refractivity contribution in [1.82, 2.24) is 0 Å². The first-order chi connectivity index (χ1) is 22.6. The van der Waals surface area contributed by atoms with Crippen LogP contribution in [0.1, 0.15) is 29.7 Å². The Labute approximate surface area is 313 Å². The van der Waals surface area contributed by atoms with Crippen LogP contribution in [0.5, 0.6) is 5.75 Å². The van der Waals surface area contributed by atoms with Crippen LogP contribution in [0.4, 0.5) is 0 Å². The van der Waals surface area contributed by atoms with Gasteiger partial charge in [0.2, 0.25) is 5.79 Å². The maximum atomic E-state index is 13.2. The first-order valence-corrected chi connectivity index (χ1v) is 35.3. The lowest BCUT2D eigenvalue weighted by molar-refractivity contribution is -0.348. The molecule has 0 aliphatic carbocycles. The highest BCUT2D eigenvalue weighted by atomic mass is 35.5. The van der Waals surface area contributed by atoms with Gasteiger partial charge in [-0.15, -0.1) is 0 Å². The van der Waals surface area contributed by atoms with Gasteiger partial charge in [-0.1, -0.05) is 29.8 Å². The molecule has 1 fully saturated rings. The van der Waals surface area contributed by atoms with Crippen LogP contribution in [0.2, 0.25) is 103 Å². The van der Waals surface area contributed by atoms with E-state index in [9.17, 15) is 5.11 Å². The topological polar surface area (TPSA) is 84.8 Å². The van der Waals surface area contributed by atoms with Crippen molar-refractivity contribution in [3.05, 3.63) is 64.2 Å². The molecule has 0 amide bonds. The fraction of sp³-hybridized carbons (Fsp3) is 0.667. The highest BCUT2D eigenvalue weighted by molar-refractivity contribution is 6.71. The quantitative estimate of drug-likeness (QED) is 0.168. The lowest BCUT2D eigenvalue weighted by atomic mass is 9.87. The first-order valence-electron chi connectivity index (χ1n) is 17.9. The summed E-state index contributed by atoms with van der Waals surface area (Å²) < 4.78 is 46.9. The van der Waals surface area contributed by atoms with Crippen LogP contribution < -0.4 is 4.74 Å². The van der Waals surface area contributed by atoms with E-state index in [-0.39, 0.29) is 6.61 Å². The molecule has 1 saturated heterocycles. The third-order valence-electron chi connectivity index (χ3n) is 7.50. The smallest absolute Gasteiger partial charge is 0.221 e. The highest BCUT2D eigenvalue weighted by Gasteiger charge is 2.59. The molecule has 50 heavy (non-hydrogen) atoms. The molecule has 1 aliphatic heterocycles. The van der Waals surface area contributed by atoms with Gasteiger partial charge in [-0.05, 0) is 135 Å². The Hall–Kier alpha value is -0.666. The van der Waals surface area contributed by atoms with E-state index in [1.165, 1.54) is 0 Å². The van der Waals surface area contributed by atoms with Gasteiger partial charge in [0.1, 0.15) is 30.2 Å². The maximum absolute atomic E-state index is 13.2. The molecule has 4 unspecified atom stereocenters. The normalized spacial score (nSPS) is 24.7. The van der Waals surface area contributed by atoms with E-state index < -0.39 is 77.9 Å². The number of hydrogen-bond acceptors (Lipinski definition) is 8. The Morgan fingerprint density at radius 3 is 1.74 bits per heavy atom. The second-order valence-corrected chi connectivity index (χ2v) is 40.9. The van der Waals surface area contributed by atoms with Crippen molar-refractivity contribution in [2.24, 2.45) is 0 Å². The third kappa shape index (κ3) is 13.0. The molecule has 0 bridgehead atoms. The summed E-state index contributed by atoms with van der Waals surface area (Å²) in [5.74, 6) is -1.13. The Balaban J connectivity index is 2.31. The molecule has 0 aromatic heterocycles. The Morgan fingerprint density at radius 1 is 0.720 bits per heavy atom. The minimum atomic E-state index is -2.32. The maximum Gasteiger partial charge on any atom is 0.221 e. The van der Waals surface area contributed by atoms with Crippen LogP contribution in [0.25, 0.3) is 0 Å². The lowest BCUT2D eigenvalue weighted by Gasteiger charge is -2.54. The van der Waals surface area contributed by atoms with Crippen molar-refractivity contribution in [3.8, 4) is 5.75 Å². The summed E-state index contributed by atoms with van der Waals surface area (Å²) >= 11 is 7.03. The molecule has 1 heterocycles. The summed E-state index contributed by atoms with van der Waals surface area (Å²) in [6.45, 7) is 35.0. The molecule has 6 atom stereocenters. The summed E-state index contributed by atoms with van der Waals surface area (Å²) in [6.07, 6.45) is -3.13. The van der Waals surface area contributed by atoms with Gasteiger partial charge in [-0.2, -0.15) is 0 Å². The van der Waals surface area contributed by atoms with Gasteiger partial charge in [0.05, 0.1) is 19.3 Å². The van der Waals surface area contributed by atoms with Gasteiger partial charge < -0.3 is 36.7 Å². The minimum Gasteiger partial charge on any atom is -0.494 e. The van der Waals surface area contributed by atoms with Gasteiger partial charge >= 0.3 is 0 Å². The Morgan fingerprint density at radius 2 is 1.26 bits per heavy atom. The molecule has 284 valence electrons. The van der Waals surface area contributed by atoms with E-state index in [0.717, 1.165) is 16.9 Å². The van der Waals surface area contributed by atoms with Crippen molar-refractivity contribution >= 4 is 53.2 Å². The van der Waals surface area contributed by atoms with Gasteiger partial charge in [0.15, 0.2) is 41.6 Å². The van der Waals surface area contributed by atoms with Gasteiger partial charge in [0, 0.05) is 16.1 Å². The summed E-state index contributed by atoms with van der Waals surface area (Å²) in [7, 11) is -10.8. The van der Waals surface area contributed by atoms with E-state index in [1.807, 2.05) is 49.4 Å². The zero-order chi connectivity index (χ0) is 38.1. The van der Waals surface area contributed by atoms with Crippen LogP contribution in [-0.4, -0.2) is 84.3 Å². The SMILES string of the molecule is CCOc1ccc(C(O[Si](C)(C)C)c2cc([C@]3(O)O[C@H](CO[Si](C)(C)C)C(O[Si](C)(C)C)C(O[Si](C)(C)C)C3O[Si](C)(C)C)ccc2Cl)cc1. The molecule has 3 rings (SSSR count). The number of halogens is 1. The van der Waals surface area contributed by atoms with Crippen molar-refractivity contribution in [1.29, 1.82) is 0 Å². The fourth-order valence-corrected chi connectivity index (χ4v) is 10.9. The summed E-state index contributed by atoms with van der Waals surface area (Å²) in [6, 6.07) is 13.5. The van der Waals surface area contributed by atoms with Crippen molar-refractivity contribution < 1.29 is 36.7 Å². The Bertz CT molecular complexity index is 1400. The van der Waals surface area contributed by atoms with Gasteiger partial charge in [-0.25, -0.2) is 0 Å². The molecule has 1 aliphatic rings. The van der Waals surface area contributed by atoms with E-state index in [4.69, 9.17) is 43.2 Å². The molecule has 0 spiro atoms. The average Bonchev–Trinajstić information content (AvgIpc) is 2.92. The number of benzene rings is 2. The van der Waals surface area contributed by atoms with E-state index in [2.05, 4.69) is 98.2 Å². The third-order valence-corrected chi connectivity index (χ3v) is 12.7. The van der Waals surface area contributed by atoms with Crippen LogP contribution >= 0.6 is 11.6 Å². The molecule has 0 radical (unpaired) electrons. The van der Waals surface area contributed by atoms with Gasteiger partial charge in [-0.3, -0.25) is 0 Å². The molecular weight excluding hydrogens is 736 g/mol. The van der Waals surface area contributed by atoms with Crippen LogP contribution in [0.3, 0.4) is 0 Å². The van der Waals surface area contributed by atoms with E-state index >= 15 is 0 Å². The highest BCUT2D eigenvalue weighted by Crippen LogP contribution is 2.45. The predicted molar refractivity (Wildman–Crippen MR) is 218 cm³/mol. The molecule has 0 saturated carbocycles. The molecule has 8 nitrogen and oxygen atoms in total. The molecule has 14 heteroatoms. The fourth-order valence-electron chi connectivity index (χ4n) is 5.82. The molecular formula is C36H65ClO8Si5. The largest absolute Gasteiger partial charge is 0.494 e. The van der Waals surface area contributed by atoms with Crippen LogP contribution in [0.15, 0.2) is 42.5 Å². The number of hydrogen-bond donors (Lipinski definition) is 1. The summed E-state index contributed by atoms with van der Waals surface area (Å²) in [4.78, 5) is 0. The van der Waals surface area contributed by atoms with E-state index in [1.54, 1.807) is 0 Å². The average molecular weight is 802 g/mol. The van der Waals surface area contributed by atoms with Crippen LogP contribution in [-0.2, 0) is 32.7 Å². The number of aliphatic hydroxyl groups is 1. The molecule has 1 N–H and O–H groups in total. The minimum absolute atomic E-state index is 0.256. The standard InChI is InChI=1S/C36H65ClO8Si5/c1-17-39-28-21-18-26(19-22-28)32(42-47(5,6)7)29-24-27(20-23-30(29)37)36(38)35(45-50(14,15)16)34(44-49(11,12)13)33(43-48(8,9)10)31(41-36)25-40-46(2,3)4/h18-24,31-35,38H,17,25H2,1-16H3/t31-,32?,33?,34?,35?,36+/m1/s1. The van der Waals surface area contributed by atoms with Crippen molar-refractivity contribution in [3.63, 3.8) is 0 Å². The zero-order valence-corrected chi connectivity index (χ0v) is 39.3. The Kier molecular flexibility index (Phi) is 14.3. The number of rotatable bonds is 16. The second kappa shape index (κ2) is 16.4. The molecule has 2 aromatic carbocycles. The monoisotopic (exact) mass is 800 g/mol.